The van der Waals surface area contributed by atoms with E-state index in [1.54, 1.807) is 12.0 Å². The first-order chi connectivity index (χ1) is 13.8. The number of methoxy groups -OCH3 is 1. The molecule has 7 nitrogen and oxygen atoms in total. The molecule has 1 aliphatic heterocycles. The average Bonchev–Trinajstić information content (AvgIpc) is 2.92. The van der Waals surface area contributed by atoms with Crippen LogP contribution in [0.25, 0.3) is 0 Å². The highest BCUT2D eigenvalue weighted by Crippen LogP contribution is 2.52. The topological polar surface area (TPSA) is 80.8 Å². The molecule has 1 spiro atoms. The van der Waals surface area contributed by atoms with Crippen LogP contribution in [-0.4, -0.2) is 50.7 Å². The zero-order chi connectivity index (χ0) is 22.3. The number of fused-ring (bicyclic) bond motifs is 1. The molecular weight excluding hydrogens is 402 g/mol. The van der Waals surface area contributed by atoms with Gasteiger partial charge in [0.25, 0.3) is 0 Å². The number of rotatable bonds is 3. The third-order valence-electron chi connectivity index (χ3n) is 5.83. The van der Waals surface area contributed by atoms with E-state index < -0.39 is 16.6 Å². The van der Waals surface area contributed by atoms with Crippen LogP contribution in [0.15, 0.2) is 12.1 Å². The van der Waals surface area contributed by atoms with Crippen molar-refractivity contribution in [2.45, 2.75) is 77.2 Å². The molecule has 3 rings (SSSR count). The molecule has 168 valence electrons. The number of nitrogens with zero attached hydrogens (tertiary/aromatic N) is 2. The Morgan fingerprint density at radius 3 is 2.37 bits per heavy atom. The van der Waals surface area contributed by atoms with E-state index in [4.69, 9.17) is 9.47 Å². The molecule has 1 saturated heterocycles. The van der Waals surface area contributed by atoms with Crippen molar-refractivity contribution in [1.29, 1.82) is 0 Å². The number of amides is 1. The number of pyridine rings is 1. The molecule has 30 heavy (non-hydrogen) atoms. The Bertz CT molecular complexity index is 821. The molecule has 1 aliphatic carbocycles. The Morgan fingerprint density at radius 1 is 1.20 bits per heavy atom. The van der Waals surface area contributed by atoms with Crippen LogP contribution in [0, 0.1) is 5.41 Å². The highest BCUT2D eigenvalue weighted by molar-refractivity contribution is 7.84. The van der Waals surface area contributed by atoms with Gasteiger partial charge in [0.05, 0.1) is 28.9 Å². The number of piperidine rings is 1. The van der Waals surface area contributed by atoms with E-state index >= 15 is 0 Å². The smallest absolute Gasteiger partial charge is 0.410 e. The molecule has 1 fully saturated rings. The quantitative estimate of drug-likeness (QED) is 0.779. The van der Waals surface area contributed by atoms with Gasteiger partial charge in [0.2, 0.25) is 5.88 Å². The molecule has 2 heterocycles. The highest BCUT2D eigenvalue weighted by Gasteiger charge is 2.50. The van der Waals surface area contributed by atoms with Gasteiger partial charge in [-0.15, -0.1) is 0 Å². The SMILES string of the molecule is COc1ccc2c(n1)CC1(CCN(C(=O)OC(C)(C)C)CC1)[C@@H]2N[S@](=O)C(C)(C)C. The molecule has 2 aliphatic rings. The van der Waals surface area contributed by atoms with Crippen LogP contribution >= 0.6 is 0 Å². The molecule has 0 bridgehead atoms. The van der Waals surface area contributed by atoms with E-state index in [1.807, 2.05) is 53.7 Å². The average molecular weight is 438 g/mol. The molecule has 8 heteroatoms. The number of hydrogen-bond acceptors (Lipinski definition) is 5. The van der Waals surface area contributed by atoms with Crippen molar-refractivity contribution in [2.24, 2.45) is 5.41 Å². The number of carbonyl (C=O) groups excluding carboxylic acids is 1. The normalized spacial score (nSPS) is 22.0. The van der Waals surface area contributed by atoms with Gasteiger partial charge in [-0.05, 0) is 71.8 Å². The van der Waals surface area contributed by atoms with Gasteiger partial charge < -0.3 is 14.4 Å². The number of hydrogen-bond donors (Lipinski definition) is 1. The summed E-state index contributed by atoms with van der Waals surface area (Å²) in [4.78, 5) is 19.0. The Balaban J connectivity index is 1.84. The number of aromatic nitrogens is 1. The maximum absolute atomic E-state index is 13.0. The summed E-state index contributed by atoms with van der Waals surface area (Å²) in [5.41, 5.74) is 1.42. The van der Waals surface area contributed by atoms with E-state index in [9.17, 15) is 9.00 Å². The largest absolute Gasteiger partial charge is 0.481 e. The molecule has 1 amide bonds. The van der Waals surface area contributed by atoms with Gasteiger partial charge in [-0.1, -0.05) is 6.07 Å². The molecule has 1 N–H and O–H groups in total. The second-order valence-corrected chi connectivity index (χ2v) is 12.3. The number of carbonyl (C=O) groups is 1. The number of ether oxygens (including phenoxy) is 2. The van der Waals surface area contributed by atoms with Crippen LogP contribution in [0.4, 0.5) is 4.79 Å². The Morgan fingerprint density at radius 2 is 1.83 bits per heavy atom. The lowest BCUT2D eigenvalue weighted by Gasteiger charge is -2.43. The fraction of sp³-hybridized carbons (Fsp3) is 0.727. The van der Waals surface area contributed by atoms with Crippen molar-refractivity contribution in [2.75, 3.05) is 20.2 Å². The standard InChI is InChI=1S/C22H35N3O4S/c1-20(2,3)29-19(26)25-12-10-22(11-13-25)14-16-15(8-9-17(23-16)28-7)18(22)24-30(27)21(4,5)6/h8-9,18,24H,10-14H2,1-7H3/t18-,30-/m1/s1. The van der Waals surface area contributed by atoms with Gasteiger partial charge in [-0.2, -0.15) is 0 Å². The van der Waals surface area contributed by atoms with Gasteiger partial charge in [0.15, 0.2) is 0 Å². The van der Waals surface area contributed by atoms with Crippen LogP contribution in [0.1, 0.15) is 71.7 Å². The van der Waals surface area contributed by atoms with Crippen LogP contribution in [0.3, 0.4) is 0 Å². The lowest BCUT2D eigenvalue weighted by atomic mass is 9.73. The molecule has 1 aromatic rings. The van der Waals surface area contributed by atoms with Gasteiger partial charge >= 0.3 is 6.09 Å². The van der Waals surface area contributed by atoms with Crippen LogP contribution in [0.2, 0.25) is 0 Å². The molecule has 0 aromatic carbocycles. The predicted octanol–water partition coefficient (Wildman–Crippen LogP) is 3.76. The Labute approximate surface area is 182 Å². The second kappa shape index (κ2) is 8.11. The molecule has 0 saturated carbocycles. The third kappa shape index (κ3) is 4.80. The van der Waals surface area contributed by atoms with Crippen molar-refractivity contribution in [1.82, 2.24) is 14.6 Å². The van der Waals surface area contributed by atoms with Crippen molar-refractivity contribution in [3.8, 4) is 5.88 Å². The first-order valence-corrected chi connectivity index (χ1v) is 11.7. The van der Waals surface area contributed by atoms with Gasteiger partial charge in [0, 0.05) is 24.8 Å². The van der Waals surface area contributed by atoms with E-state index in [2.05, 4.69) is 9.71 Å². The summed E-state index contributed by atoms with van der Waals surface area (Å²) < 4.78 is 26.9. The van der Waals surface area contributed by atoms with E-state index in [0.717, 1.165) is 30.5 Å². The maximum Gasteiger partial charge on any atom is 0.410 e. The first-order valence-electron chi connectivity index (χ1n) is 10.5. The van der Waals surface area contributed by atoms with E-state index in [0.29, 0.717) is 19.0 Å². The lowest BCUT2D eigenvalue weighted by molar-refractivity contribution is 0.00719. The Hall–Kier alpha value is -1.67. The van der Waals surface area contributed by atoms with Crippen molar-refractivity contribution in [3.63, 3.8) is 0 Å². The monoisotopic (exact) mass is 437 g/mol. The lowest BCUT2D eigenvalue weighted by Crippen LogP contribution is -2.49. The second-order valence-electron chi connectivity index (χ2n) is 10.3. The minimum Gasteiger partial charge on any atom is -0.481 e. The molecule has 0 radical (unpaired) electrons. The van der Waals surface area contributed by atoms with E-state index in [-0.39, 0.29) is 22.3 Å². The van der Waals surface area contributed by atoms with Crippen molar-refractivity contribution < 1.29 is 18.5 Å². The van der Waals surface area contributed by atoms with Crippen LogP contribution in [0.5, 0.6) is 5.88 Å². The summed E-state index contributed by atoms with van der Waals surface area (Å²) in [5.74, 6) is 0.590. The fourth-order valence-electron chi connectivity index (χ4n) is 4.17. The third-order valence-corrected chi connectivity index (χ3v) is 7.39. The molecule has 2 atom stereocenters. The summed E-state index contributed by atoms with van der Waals surface area (Å²) in [7, 11) is 0.400. The minimum atomic E-state index is -1.21. The summed E-state index contributed by atoms with van der Waals surface area (Å²) >= 11 is 0. The fourth-order valence-corrected chi connectivity index (χ4v) is 5.12. The number of nitrogens with one attached hydrogen (secondary N) is 1. The molecule has 1 aromatic heterocycles. The zero-order valence-corrected chi connectivity index (χ0v) is 20.0. The zero-order valence-electron chi connectivity index (χ0n) is 19.2. The van der Waals surface area contributed by atoms with Crippen LogP contribution < -0.4 is 9.46 Å². The maximum atomic E-state index is 13.0. The molecule has 0 unspecified atom stereocenters. The van der Waals surface area contributed by atoms with Crippen molar-refractivity contribution >= 4 is 17.1 Å². The van der Waals surface area contributed by atoms with Gasteiger partial charge in [-0.25, -0.2) is 18.7 Å². The summed E-state index contributed by atoms with van der Waals surface area (Å²) in [6, 6.07) is 3.82. The summed E-state index contributed by atoms with van der Waals surface area (Å²) in [6.07, 6.45) is 2.10. The summed E-state index contributed by atoms with van der Waals surface area (Å²) in [6.45, 7) is 12.8. The Kier molecular flexibility index (Phi) is 6.22. The predicted molar refractivity (Wildman–Crippen MR) is 118 cm³/mol. The first kappa shape index (κ1) is 23.0. The van der Waals surface area contributed by atoms with Gasteiger partial charge in [-0.3, -0.25) is 0 Å². The van der Waals surface area contributed by atoms with E-state index in [1.165, 1.54) is 0 Å². The molecular formula is C22H35N3O4S. The minimum absolute atomic E-state index is 0.0771. The van der Waals surface area contributed by atoms with Crippen LogP contribution in [-0.2, 0) is 22.1 Å². The number of likely N-dealkylation sites (tertiary alicyclic amines) is 1. The summed E-state index contributed by atoms with van der Waals surface area (Å²) in [5, 5.41) is 0. The van der Waals surface area contributed by atoms with Gasteiger partial charge in [0.1, 0.15) is 5.60 Å². The van der Waals surface area contributed by atoms with Crippen molar-refractivity contribution in [3.05, 3.63) is 23.4 Å². The highest BCUT2D eigenvalue weighted by atomic mass is 32.2.